The summed E-state index contributed by atoms with van der Waals surface area (Å²) in [7, 11) is 2.10. The average Bonchev–Trinajstić information content (AvgIpc) is 3.00. The van der Waals surface area contributed by atoms with Crippen molar-refractivity contribution in [1.82, 2.24) is 10.2 Å². The maximum atomic E-state index is 3.47. The first-order valence-electron chi connectivity index (χ1n) is 6.62. The third kappa shape index (κ3) is 3.46. The topological polar surface area (TPSA) is 15.3 Å². The van der Waals surface area contributed by atoms with Crippen LogP contribution in [-0.4, -0.2) is 37.1 Å². The van der Waals surface area contributed by atoms with Crippen LogP contribution in [0.25, 0.3) is 0 Å². The smallest absolute Gasteiger partial charge is 0.0215 e. The first kappa shape index (κ1) is 11.4. The summed E-state index contributed by atoms with van der Waals surface area (Å²) in [6.45, 7) is 7.28. The molecule has 1 atom stereocenters. The van der Waals surface area contributed by atoms with Gasteiger partial charge in [0.2, 0.25) is 0 Å². The zero-order chi connectivity index (χ0) is 10.8. The Kier molecular flexibility index (Phi) is 3.68. The van der Waals surface area contributed by atoms with Crippen LogP contribution >= 0.6 is 0 Å². The van der Waals surface area contributed by atoms with Crippen molar-refractivity contribution in [2.24, 2.45) is 11.8 Å². The molecule has 0 radical (unpaired) electrons. The monoisotopic (exact) mass is 210 g/mol. The molecule has 2 fully saturated rings. The van der Waals surface area contributed by atoms with Crippen LogP contribution in [-0.2, 0) is 0 Å². The molecule has 88 valence electrons. The van der Waals surface area contributed by atoms with Gasteiger partial charge in [0, 0.05) is 25.2 Å². The first-order valence-corrected chi connectivity index (χ1v) is 6.62. The second kappa shape index (κ2) is 4.84. The Bertz CT molecular complexity index is 195. The number of nitrogens with one attached hydrogen (secondary N) is 1. The van der Waals surface area contributed by atoms with Crippen molar-refractivity contribution < 1.29 is 0 Å². The zero-order valence-corrected chi connectivity index (χ0v) is 10.5. The molecule has 0 saturated heterocycles. The Hall–Kier alpha value is -0.0800. The molecule has 2 nitrogen and oxygen atoms in total. The number of hydrogen-bond donors (Lipinski definition) is 1. The lowest BCUT2D eigenvalue weighted by molar-refractivity contribution is 0.206. The number of likely N-dealkylation sites (N-methyl/N-ethyl adjacent to an activating group) is 1. The molecule has 2 rings (SSSR count). The van der Waals surface area contributed by atoms with Gasteiger partial charge in [-0.2, -0.15) is 0 Å². The van der Waals surface area contributed by atoms with E-state index in [2.05, 4.69) is 31.1 Å². The first-order chi connectivity index (χ1) is 7.20. The molecule has 0 aliphatic heterocycles. The van der Waals surface area contributed by atoms with E-state index < -0.39 is 0 Å². The summed E-state index contributed by atoms with van der Waals surface area (Å²) < 4.78 is 0. The van der Waals surface area contributed by atoms with E-state index in [0.717, 1.165) is 17.9 Å². The highest BCUT2D eigenvalue weighted by atomic mass is 15.2. The van der Waals surface area contributed by atoms with Crippen LogP contribution < -0.4 is 5.32 Å². The highest BCUT2D eigenvalue weighted by Crippen LogP contribution is 2.35. The minimum atomic E-state index is 0.671. The van der Waals surface area contributed by atoms with E-state index in [1.54, 1.807) is 0 Å². The van der Waals surface area contributed by atoms with Crippen molar-refractivity contribution in [2.75, 3.05) is 20.1 Å². The summed E-state index contributed by atoms with van der Waals surface area (Å²) in [5.74, 6) is 1.78. The zero-order valence-electron chi connectivity index (χ0n) is 10.5. The van der Waals surface area contributed by atoms with Crippen LogP contribution in [0.2, 0.25) is 0 Å². The van der Waals surface area contributed by atoms with E-state index in [0.29, 0.717) is 6.04 Å². The minimum absolute atomic E-state index is 0.671. The lowest BCUT2D eigenvalue weighted by Gasteiger charge is -2.29. The van der Waals surface area contributed by atoms with Gasteiger partial charge in [-0.25, -0.2) is 0 Å². The van der Waals surface area contributed by atoms with Crippen molar-refractivity contribution in [3.05, 3.63) is 0 Å². The summed E-state index contributed by atoms with van der Waals surface area (Å²) in [6, 6.07) is 1.60. The van der Waals surface area contributed by atoms with E-state index >= 15 is 0 Å². The highest BCUT2D eigenvalue weighted by Gasteiger charge is 2.34. The second-order valence-electron chi connectivity index (χ2n) is 5.77. The van der Waals surface area contributed by atoms with Crippen LogP contribution in [0.15, 0.2) is 0 Å². The Morgan fingerprint density at radius 1 is 1.20 bits per heavy atom. The van der Waals surface area contributed by atoms with Gasteiger partial charge in [0.1, 0.15) is 0 Å². The normalized spacial score (nSPS) is 23.8. The summed E-state index contributed by atoms with van der Waals surface area (Å²) in [6.07, 6.45) is 5.85. The molecular formula is C13H26N2. The number of hydrogen-bond acceptors (Lipinski definition) is 2. The molecule has 0 bridgehead atoms. The van der Waals surface area contributed by atoms with Crippen LogP contribution in [0.4, 0.5) is 0 Å². The SMILES string of the molecule is CNC(CN(CC1CC1)C1CC1)C(C)C. The number of rotatable bonds is 7. The van der Waals surface area contributed by atoms with Gasteiger partial charge >= 0.3 is 0 Å². The van der Waals surface area contributed by atoms with Crippen molar-refractivity contribution in [3.8, 4) is 0 Å². The van der Waals surface area contributed by atoms with E-state index in [-0.39, 0.29) is 0 Å². The average molecular weight is 210 g/mol. The molecule has 0 heterocycles. The lowest BCUT2D eigenvalue weighted by atomic mass is 10.0. The largest absolute Gasteiger partial charge is 0.315 e. The fraction of sp³-hybridized carbons (Fsp3) is 1.00. The molecule has 0 aromatic carbocycles. The third-order valence-corrected chi connectivity index (χ3v) is 3.86. The molecule has 2 saturated carbocycles. The molecule has 0 aromatic heterocycles. The molecule has 0 spiro atoms. The maximum Gasteiger partial charge on any atom is 0.0215 e. The van der Waals surface area contributed by atoms with Gasteiger partial charge in [0.25, 0.3) is 0 Å². The summed E-state index contributed by atoms with van der Waals surface area (Å²) in [5, 5.41) is 3.47. The standard InChI is InChI=1S/C13H26N2/c1-10(2)13(14-3)9-15(12-6-7-12)8-11-4-5-11/h10-14H,4-9H2,1-3H3. The fourth-order valence-electron chi connectivity index (χ4n) is 2.33. The predicted octanol–water partition coefficient (Wildman–Crippen LogP) is 2.10. The highest BCUT2D eigenvalue weighted by molar-refractivity contribution is 4.90. The fourth-order valence-corrected chi connectivity index (χ4v) is 2.33. The van der Waals surface area contributed by atoms with Crippen molar-refractivity contribution in [3.63, 3.8) is 0 Å². The molecule has 0 amide bonds. The van der Waals surface area contributed by atoms with Gasteiger partial charge in [-0.1, -0.05) is 13.8 Å². The third-order valence-electron chi connectivity index (χ3n) is 3.86. The molecular weight excluding hydrogens is 184 g/mol. The molecule has 1 unspecified atom stereocenters. The molecule has 0 aromatic rings. The van der Waals surface area contributed by atoms with Crippen LogP contribution in [0, 0.1) is 11.8 Å². The van der Waals surface area contributed by atoms with Gasteiger partial charge in [0.05, 0.1) is 0 Å². The van der Waals surface area contributed by atoms with Crippen molar-refractivity contribution in [2.45, 2.75) is 51.6 Å². The molecule has 2 aliphatic rings. The Labute approximate surface area is 94.4 Å². The number of nitrogens with zero attached hydrogens (tertiary/aromatic N) is 1. The van der Waals surface area contributed by atoms with Gasteiger partial charge < -0.3 is 5.32 Å². The summed E-state index contributed by atoms with van der Waals surface area (Å²) in [4.78, 5) is 2.75. The molecule has 15 heavy (non-hydrogen) atoms. The molecule has 1 N–H and O–H groups in total. The van der Waals surface area contributed by atoms with Crippen molar-refractivity contribution >= 4 is 0 Å². The van der Waals surface area contributed by atoms with Crippen molar-refractivity contribution in [1.29, 1.82) is 0 Å². The van der Waals surface area contributed by atoms with Crippen LogP contribution in [0.1, 0.15) is 39.5 Å². The van der Waals surface area contributed by atoms with Gasteiger partial charge in [-0.15, -0.1) is 0 Å². The van der Waals surface area contributed by atoms with Crippen LogP contribution in [0.3, 0.4) is 0 Å². The maximum absolute atomic E-state index is 3.47. The van der Waals surface area contributed by atoms with E-state index in [4.69, 9.17) is 0 Å². The van der Waals surface area contributed by atoms with Gasteiger partial charge in [0.15, 0.2) is 0 Å². The Morgan fingerprint density at radius 2 is 1.87 bits per heavy atom. The Balaban J connectivity index is 1.80. The summed E-state index contributed by atoms with van der Waals surface area (Å²) >= 11 is 0. The summed E-state index contributed by atoms with van der Waals surface area (Å²) in [5.41, 5.74) is 0. The molecule has 2 heteroatoms. The van der Waals surface area contributed by atoms with Crippen LogP contribution in [0.5, 0.6) is 0 Å². The quantitative estimate of drug-likeness (QED) is 0.692. The van der Waals surface area contributed by atoms with E-state index in [1.807, 2.05) is 0 Å². The predicted molar refractivity (Wildman–Crippen MR) is 65.0 cm³/mol. The van der Waals surface area contributed by atoms with E-state index in [1.165, 1.54) is 38.8 Å². The lowest BCUT2D eigenvalue weighted by Crippen LogP contribution is -2.44. The Morgan fingerprint density at radius 3 is 2.27 bits per heavy atom. The minimum Gasteiger partial charge on any atom is -0.315 e. The molecule has 2 aliphatic carbocycles. The second-order valence-corrected chi connectivity index (χ2v) is 5.77. The van der Waals surface area contributed by atoms with Gasteiger partial charge in [-0.3, -0.25) is 4.90 Å². The van der Waals surface area contributed by atoms with E-state index in [9.17, 15) is 0 Å². The van der Waals surface area contributed by atoms with Gasteiger partial charge in [-0.05, 0) is 44.6 Å².